The Morgan fingerprint density at radius 3 is 3.00 bits per heavy atom. The second kappa shape index (κ2) is 3.64. The van der Waals surface area contributed by atoms with Gasteiger partial charge in [0.05, 0.1) is 5.01 Å². The topological polar surface area (TPSA) is 38.9 Å². The zero-order chi connectivity index (χ0) is 8.27. The molecular weight excluding hydrogens is 156 g/mol. The van der Waals surface area contributed by atoms with Crippen LogP contribution in [0.5, 0.6) is 0 Å². The highest BCUT2D eigenvalue weighted by atomic mass is 32.1. The van der Waals surface area contributed by atoms with Crippen molar-refractivity contribution in [1.82, 2.24) is 4.98 Å². The van der Waals surface area contributed by atoms with Crippen LogP contribution in [-0.4, -0.2) is 11.5 Å². The average Bonchev–Trinajstić information content (AvgIpc) is 2.36. The summed E-state index contributed by atoms with van der Waals surface area (Å²) in [6.45, 7) is 6.57. The second-order valence-electron chi connectivity index (χ2n) is 2.39. The van der Waals surface area contributed by atoms with Gasteiger partial charge in [-0.1, -0.05) is 6.58 Å². The molecule has 0 atom stereocenters. The number of rotatable bonds is 3. The molecule has 0 aliphatic heterocycles. The van der Waals surface area contributed by atoms with Crippen LogP contribution in [-0.2, 0) is 0 Å². The maximum atomic E-state index is 5.40. The van der Waals surface area contributed by atoms with Gasteiger partial charge in [-0.15, -0.1) is 11.3 Å². The van der Waals surface area contributed by atoms with Crippen LogP contribution < -0.4 is 5.73 Å². The van der Waals surface area contributed by atoms with E-state index in [0.29, 0.717) is 6.54 Å². The Balaban J connectivity index is 2.69. The number of hydrogen-bond acceptors (Lipinski definition) is 3. The molecule has 0 aromatic carbocycles. The molecule has 0 unspecified atom stereocenters. The quantitative estimate of drug-likeness (QED) is 0.747. The first-order valence-electron chi connectivity index (χ1n) is 3.54. The number of aromatic nitrogens is 1. The Hall–Kier alpha value is -0.670. The lowest BCUT2D eigenvalue weighted by Gasteiger charge is -1.96. The molecule has 1 heterocycles. The van der Waals surface area contributed by atoms with Crippen molar-refractivity contribution in [3.05, 3.63) is 22.7 Å². The molecule has 0 aliphatic carbocycles. The van der Waals surface area contributed by atoms with Crippen molar-refractivity contribution in [1.29, 1.82) is 0 Å². The van der Waals surface area contributed by atoms with Gasteiger partial charge in [-0.3, -0.25) is 0 Å². The van der Waals surface area contributed by atoms with E-state index in [9.17, 15) is 0 Å². The van der Waals surface area contributed by atoms with Gasteiger partial charge < -0.3 is 5.73 Å². The summed E-state index contributed by atoms with van der Waals surface area (Å²) in [4.78, 5) is 5.30. The van der Waals surface area contributed by atoms with Gasteiger partial charge in [-0.2, -0.15) is 0 Å². The summed E-state index contributed by atoms with van der Waals surface area (Å²) in [5, 5.41) is 1.08. The highest BCUT2D eigenvalue weighted by molar-refractivity contribution is 7.12. The van der Waals surface area contributed by atoms with Crippen LogP contribution in [0.25, 0.3) is 5.57 Å². The summed E-state index contributed by atoms with van der Waals surface area (Å²) >= 11 is 1.67. The summed E-state index contributed by atoms with van der Waals surface area (Å²) in [6, 6.07) is 0. The second-order valence-corrected chi connectivity index (χ2v) is 3.62. The molecule has 2 N–H and O–H groups in total. The Bertz CT molecular complexity index is 252. The monoisotopic (exact) mass is 168 g/mol. The minimum Gasteiger partial charge on any atom is -0.330 e. The van der Waals surface area contributed by atoms with E-state index in [-0.39, 0.29) is 0 Å². The van der Waals surface area contributed by atoms with Crippen molar-refractivity contribution < 1.29 is 0 Å². The van der Waals surface area contributed by atoms with Crippen molar-refractivity contribution in [2.45, 2.75) is 13.3 Å². The molecule has 0 bridgehead atoms. The van der Waals surface area contributed by atoms with E-state index < -0.39 is 0 Å². The van der Waals surface area contributed by atoms with Crippen molar-refractivity contribution in [2.24, 2.45) is 5.73 Å². The summed E-state index contributed by atoms with van der Waals surface area (Å²) in [5.41, 5.74) is 6.49. The Morgan fingerprint density at radius 2 is 2.55 bits per heavy atom. The van der Waals surface area contributed by atoms with Gasteiger partial charge in [-0.05, 0) is 25.5 Å². The van der Waals surface area contributed by atoms with Crippen LogP contribution in [0.2, 0.25) is 0 Å². The van der Waals surface area contributed by atoms with Gasteiger partial charge in [0.1, 0.15) is 0 Å². The third-order valence-electron chi connectivity index (χ3n) is 1.42. The summed E-state index contributed by atoms with van der Waals surface area (Å²) in [7, 11) is 0. The van der Waals surface area contributed by atoms with Gasteiger partial charge in [0.15, 0.2) is 0 Å². The highest BCUT2D eigenvalue weighted by Crippen LogP contribution is 2.21. The SMILES string of the molecule is C=C(CCN)c1cnc(C)s1. The van der Waals surface area contributed by atoms with E-state index in [1.165, 1.54) is 0 Å². The lowest BCUT2D eigenvalue weighted by molar-refractivity contribution is 1.03. The number of thiazole rings is 1. The van der Waals surface area contributed by atoms with Gasteiger partial charge in [0, 0.05) is 11.1 Å². The Kier molecular flexibility index (Phi) is 2.79. The molecule has 0 aliphatic rings. The van der Waals surface area contributed by atoms with Crippen LogP contribution in [0.1, 0.15) is 16.3 Å². The van der Waals surface area contributed by atoms with Crippen molar-refractivity contribution in [3.8, 4) is 0 Å². The van der Waals surface area contributed by atoms with E-state index in [4.69, 9.17) is 5.73 Å². The van der Waals surface area contributed by atoms with Gasteiger partial charge in [0.25, 0.3) is 0 Å². The van der Waals surface area contributed by atoms with Gasteiger partial charge in [0.2, 0.25) is 0 Å². The van der Waals surface area contributed by atoms with Crippen LogP contribution in [0, 0.1) is 6.92 Å². The summed E-state index contributed by atoms with van der Waals surface area (Å²) in [6.07, 6.45) is 2.72. The fourth-order valence-corrected chi connectivity index (χ4v) is 1.60. The molecular formula is C8H12N2S. The van der Waals surface area contributed by atoms with E-state index in [1.807, 2.05) is 13.1 Å². The molecule has 0 radical (unpaired) electrons. The molecule has 60 valence electrons. The maximum Gasteiger partial charge on any atom is 0.0900 e. The van der Waals surface area contributed by atoms with Crippen LogP contribution >= 0.6 is 11.3 Å². The number of nitrogens with zero attached hydrogens (tertiary/aromatic N) is 1. The fraction of sp³-hybridized carbons (Fsp3) is 0.375. The molecule has 0 fully saturated rings. The van der Waals surface area contributed by atoms with E-state index in [2.05, 4.69) is 11.6 Å². The fourth-order valence-electron chi connectivity index (χ4n) is 0.822. The first-order chi connectivity index (χ1) is 5.24. The predicted molar refractivity (Wildman–Crippen MR) is 49.6 cm³/mol. The molecule has 3 heteroatoms. The van der Waals surface area contributed by atoms with Gasteiger partial charge in [-0.25, -0.2) is 4.98 Å². The lowest BCUT2D eigenvalue weighted by Crippen LogP contribution is -1.98. The zero-order valence-corrected chi connectivity index (χ0v) is 7.45. The molecule has 1 rings (SSSR count). The van der Waals surface area contributed by atoms with E-state index >= 15 is 0 Å². The normalized spacial score (nSPS) is 10.0. The number of aryl methyl sites for hydroxylation is 1. The predicted octanol–water partition coefficient (Wildman–Crippen LogP) is 1.81. The van der Waals surface area contributed by atoms with E-state index in [1.54, 1.807) is 11.3 Å². The van der Waals surface area contributed by atoms with Gasteiger partial charge >= 0.3 is 0 Å². The molecule has 1 aromatic rings. The standard InChI is InChI=1S/C8H12N2S/c1-6(3-4-9)8-5-10-7(2)11-8/h5H,1,3-4,9H2,2H3. The molecule has 11 heavy (non-hydrogen) atoms. The minimum atomic E-state index is 0.662. The number of nitrogens with two attached hydrogens (primary N) is 1. The highest BCUT2D eigenvalue weighted by Gasteiger charge is 2.00. The Morgan fingerprint density at radius 1 is 1.82 bits per heavy atom. The molecule has 0 spiro atoms. The first-order valence-corrected chi connectivity index (χ1v) is 4.36. The summed E-state index contributed by atoms with van der Waals surface area (Å²) in [5.74, 6) is 0. The molecule has 0 saturated heterocycles. The third kappa shape index (κ3) is 2.13. The molecule has 1 aromatic heterocycles. The lowest BCUT2D eigenvalue weighted by atomic mass is 10.2. The van der Waals surface area contributed by atoms with Crippen molar-refractivity contribution in [3.63, 3.8) is 0 Å². The maximum absolute atomic E-state index is 5.40. The molecule has 0 amide bonds. The molecule has 0 saturated carbocycles. The molecule has 2 nitrogen and oxygen atoms in total. The van der Waals surface area contributed by atoms with Crippen molar-refractivity contribution >= 4 is 16.9 Å². The van der Waals surface area contributed by atoms with E-state index in [0.717, 1.165) is 21.9 Å². The van der Waals surface area contributed by atoms with Crippen LogP contribution in [0.15, 0.2) is 12.8 Å². The average molecular weight is 168 g/mol. The Labute approximate surface area is 70.8 Å². The van der Waals surface area contributed by atoms with Crippen LogP contribution in [0.3, 0.4) is 0 Å². The first kappa shape index (κ1) is 8.43. The summed E-state index contributed by atoms with van der Waals surface area (Å²) < 4.78 is 0. The zero-order valence-electron chi connectivity index (χ0n) is 6.63. The number of hydrogen-bond donors (Lipinski definition) is 1. The smallest absolute Gasteiger partial charge is 0.0900 e. The van der Waals surface area contributed by atoms with Crippen molar-refractivity contribution in [2.75, 3.05) is 6.54 Å². The largest absolute Gasteiger partial charge is 0.330 e. The third-order valence-corrected chi connectivity index (χ3v) is 2.43. The van der Waals surface area contributed by atoms with Crippen LogP contribution in [0.4, 0.5) is 0 Å². The minimum absolute atomic E-state index is 0.662.